The van der Waals surface area contributed by atoms with Crippen LogP contribution < -0.4 is 9.64 Å². The summed E-state index contributed by atoms with van der Waals surface area (Å²) in [6.07, 6.45) is 3.50. The van der Waals surface area contributed by atoms with E-state index in [1.165, 1.54) is 11.3 Å². The van der Waals surface area contributed by atoms with Crippen LogP contribution in [-0.2, 0) is 0 Å². The third-order valence-corrected chi connectivity index (χ3v) is 8.00. The number of rotatable bonds is 7. The van der Waals surface area contributed by atoms with E-state index in [4.69, 9.17) is 14.8 Å². The van der Waals surface area contributed by atoms with E-state index in [0.717, 1.165) is 59.4 Å². The number of fused-ring (bicyclic) bond motifs is 1. The number of piperazine rings is 1. The Kier molecular flexibility index (Phi) is 6.74. The summed E-state index contributed by atoms with van der Waals surface area (Å²) >= 11 is 1.75. The van der Waals surface area contributed by atoms with Crippen LogP contribution in [-0.4, -0.2) is 74.0 Å². The summed E-state index contributed by atoms with van der Waals surface area (Å²) in [7, 11) is 1.65. The van der Waals surface area contributed by atoms with E-state index in [1.807, 2.05) is 12.3 Å². The molecule has 0 unspecified atom stereocenters. The standard InChI is InChI=1S/C26H36N8OS/c1-15(2)11-32-8-9-33(17(5)12-32)26-18(6)29-25(36-26)23-21(16(3)4)22(30-31-23)19-10-20(35-7)24-27-14-28-34(24)13-19/h10,13-17H,8-9,11-12H2,1-7H3,(H,30,31)/t17-/m1/s1. The summed E-state index contributed by atoms with van der Waals surface area (Å²) < 4.78 is 7.33. The van der Waals surface area contributed by atoms with Gasteiger partial charge in [-0.3, -0.25) is 10.00 Å². The number of ether oxygens (including phenoxy) is 1. The number of aryl methyl sites for hydroxylation is 1. The van der Waals surface area contributed by atoms with Crippen LogP contribution in [0.5, 0.6) is 5.75 Å². The molecular formula is C26H36N8OS. The second kappa shape index (κ2) is 9.82. The van der Waals surface area contributed by atoms with Gasteiger partial charge in [0.1, 0.15) is 22.0 Å². The van der Waals surface area contributed by atoms with Crippen molar-refractivity contribution in [2.75, 3.05) is 38.2 Å². The Labute approximate surface area is 216 Å². The van der Waals surface area contributed by atoms with Crippen LogP contribution in [0.1, 0.15) is 51.8 Å². The molecule has 1 atom stereocenters. The average Bonchev–Trinajstić information content (AvgIpc) is 3.56. The molecule has 1 aliphatic rings. The zero-order valence-corrected chi connectivity index (χ0v) is 23.1. The van der Waals surface area contributed by atoms with Gasteiger partial charge in [0.15, 0.2) is 11.4 Å². The fraction of sp³-hybridized carbons (Fsp3) is 0.538. The maximum atomic E-state index is 5.59. The minimum atomic E-state index is 0.248. The molecule has 192 valence electrons. The highest BCUT2D eigenvalue weighted by molar-refractivity contribution is 7.19. The predicted octanol–water partition coefficient (Wildman–Crippen LogP) is 4.85. The molecule has 0 aromatic carbocycles. The fourth-order valence-corrected chi connectivity index (χ4v) is 6.45. The Morgan fingerprint density at radius 2 is 2.03 bits per heavy atom. The van der Waals surface area contributed by atoms with Crippen molar-refractivity contribution in [3.05, 3.63) is 29.8 Å². The van der Waals surface area contributed by atoms with Gasteiger partial charge < -0.3 is 9.64 Å². The quantitative estimate of drug-likeness (QED) is 0.382. The van der Waals surface area contributed by atoms with Crippen LogP contribution in [0.2, 0.25) is 0 Å². The number of thiazole rings is 1. The molecular weight excluding hydrogens is 472 g/mol. The lowest BCUT2D eigenvalue weighted by Gasteiger charge is -2.41. The first-order chi connectivity index (χ1) is 17.3. The molecule has 9 nitrogen and oxygen atoms in total. The van der Waals surface area contributed by atoms with Gasteiger partial charge in [0.05, 0.1) is 18.5 Å². The molecule has 1 N–H and O–H groups in total. The summed E-state index contributed by atoms with van der Waals surface area (Å²) in [5.41, 5.74) is 5.74. The van der Waals surface area contributed by atoms with E-state index in [9.17, 15) is 0 Å². The number of anilines is 1. The van der Waals surface area contributed by atoms with E-state index in [-0.39, 0.29) is 5.92 Å². The molecule has 0 spiro atoms. The first-order valence-electron chi connectivity index (χ1n) is 12.7. The molecule has 0 aliphatic carbocycles. The molecule has 5 heterocycles. The lowest BCUT2D eigenvalue weighted by Crippen LogP contribution is -2.52. The van der Waals surface area contributed by atoms with Gasteiger partial charge in [-0.25, -0.2) is 14.5 Å². The Morgan fingerprint density at radius 3 is 2.72 bits per heavy atom. The Hall–Kier alpha value is -2.98. The molecule has 4 aromatic rings. The summed E-state index contributed by atoms with van der Waals surface area (Å²) in [5, 5.41) is 14.6. The van der Waals surface area contributed by atoms with E-state index < -0.39 is 0 Å². The van der Waals surface area contributed by atoms with Gasteiger partial charge in [-0.1, -0.05) is 39.0 Å². The molecule has 0 saturated carbocycles. The number of aromatic nitrogens is 6. The van der Waals surface area contributed by atoms with E-state index >= 15 is 0 Å². The van der Waals surface area contributed by atoms with Gasteiger partial charge >= 0.3 is 0 Å². The summed E-state index contributed by atoms with van der Waals surface area (Å²) in [4.78, 5) is 14.4. The van der Waals surface area contributed by atoms with E-state index in [1.54, 1.807) is 23.0 Å². The van der Waals surface area contributed by atoms with Crippen LogP contribution >= 0.6 is 11.3 Å². The highest BCUT2D eigenvalue weighted by Gasteiger charge is 2.29. The monoisotopic (exact) mass is 508 g/mol. The van der Waals surface area contributed by atoms with Crippen molar-refractivity contribution in [3.63, 3.8) is 0 Å². The van der Waals surface area contributed by atoms with Gasteiger partial charge in [0, 0.05) is 49.5 Å². The topological polar surface area (TPSA) is 87.5 Å². The van der Waals surface area contributed by atoms with Crippen LogP contribution in [0.3, 0.4) is 0 Å². The third kappa shape index (κ3) is 4.48. The van der Waals surface area contributed by atoms with Crippen molar-refractivity contribution in [2.24, 2.45) is 5.92 Å². The number of nitrogens with zero attached hydrogens (tertiary/aromatic N) is 7. The molecule has 0 bridgehead atoms. The highest BCUT2D eigenvalue weighted by Crippen LogP contribution is 2.41. The first-order valence-corrected chi connectivity index (χ1v) is 13.5. The van der Waals surface area contributed by atoms with Gasteiger partial charge in [0.2, 0.25) is 0 Å². The van der Waals surface area contributed by atoms with Crippen molar-refractivity contribution in [3.8, 4) is 27.7 Å². The number of H-pyrrole nitrogens is 1. The summed E-state index contributed by atoms with van der Waals surface area (Å²) in [5.74, 6) is 1.61. The SMILES string of the molecule is COc1cc(-c2[nH]nc(-c3nc(C)c(N4CCN(CC(C)C)C[C@H]4C)s3)c2C(C)C)cn2ncnc12. The molecule has 36 heavy (non-hydrogen) atoms. The third-order valence-electron chi connectivity index (χ3n) is 6.80. The maximum Gasteiger partial charge on any atom is 0.197 e. The Morgan fingerprint density at radius 1 is 1.22 bits per heavy atom. The minimum Gasteiger partial charge on any atom is -0.493 e. The second-order valence-electron chi connectivity index (χ2n) is 10.4. The molecule has 1 aliphatic heterocycles. The van der Waals surface area contributed by atoms with Crippen LogP contribution in [0.15, 0.2) is 18.6 Å². The predicted molar refractivity (Wildman–Crippen MR) is 145 cm³/mol. The lowest BCUT2D eigenvalue weighted by molar-refractivity contribution is 0.207. The van der Waals surface area contributed by atoms with Crippen LogP contribution in [0.4, 0.5) is 5.00 Å². The summed E-state index contributed by atoms with van der Waals surface area (Å²) in [6.45, 7) is 17.8. The Bertz CT molecular complexity index is 1350. The van der Waals surface area contributed by atoms with E-state index in [0.29, 0.717) is 23.4 Å². The van der Waals surface area contributed by atoms with Gasteiger partial charge in [0.25, 0.3) is 0 Å². The number of hydrogen-bond acceptors (Lipinski definition) is 8. The smallest absolute Gasteiger partial charge is 0.197 e. The minimum absolute atomic E-state index is 0.248. The zero-order chi connectivity index (χ0) is 25.6. The van der Waals surface area contributed by atoms with Crippen LogP contribution in [0, 0.1) is 12.8 Å². The first kappa shape index (κ1) is 24.7. The molecule has 4 aromatic heterocycles. The van der Waals surface area contributed by atoms with Crippen molar-refractivity contribution in [1.29, 1.82) is 0 Å². The van der Waals surface area contributed by atoms with Gasteiger partial charge in [-0.2, -0.15) is 10.2 Å². The molecule has 5 rings (SSSR count). The van der Waals surface area contributed by atoms with E-state index in [2.05, 4.69) is 66.5 Å². The highest BCUT2D eigenvalue weighted by atomic mass is 32.1. The fourth-order valence-electron chi connectivity index (χ4n) is 5.25. The largest absolute Gasteiger partial charge is 0.493 e. The molecule has 0 amide bonds. The number of nitrogens with one attached hydrogen (secondary N) is 1. The maximum absolute atomic E-state index is 5.59. The number of aromatic amines is 1. The van der Waals surface area contributed by atoms with Crippen LogP contribution in [0.25, 0.3) is 27.6 Å². The van der Waals surface area contributed by atoms with Crippen molar-refractivity contribution >= 4 is 22.0 Å². The van der Waals surface area contributed by atoms with Crippen molar-refractivity contribution < 1.29 is 4.74 Å². The molecule has 1 fully saturated rings. The zero-order valence-electron chi connectivity index (χ0n) is 22.2. The second-order valence-corrected chi connectivity index (χ2v) is 11.4. The van der Waals surface area contributed by atoms with Crippen molar-refractivity contribution in [2.45, 2.75) is 53.5 Å². The summed E-state index contributed by atoms with van der Waals surface area (Å²) in [6, 6.07) is 2.44. The normalized spacial score (nSPS) is 17.1. The van der Waals surface area contributed by atoms with Gasteiger partial charge in [-0.15, -0.1) is 0 Å². The molecule has 10 heteroatoms. The number of methoxy groups -OCH3 is 1. The Balaban J connectivity index is 1.49. The van der Waals surface area contributed by atoms with Crippen molar-refractivity contribution in [1.82, 2.24) is 34.7 Å². The number of hydrogen-bond donors (Lipinski definition) is 1. The average molecular weight is 509 g/mol. The van der Waals surface area contributed by atoms with Gasteiger partial charge in [-0.05, 0) is 31.7 Å². The number of pyridine rings is 1. The lowest BCUT2D eigenvalue weighted by atomic mass is 9.97. The molecule has 0 radical (unpaired) electrons. The molecule has 1 saturated heterocycles.